The summed E-state index contributed by atoms with van der Waals surface area (Å²) in [6, 6.07) is 0. The number of halogens is 1. The second kappa shape index (κ2) is 4.78. The molecule has 5 nitrogen and oxygen atoms in total. The number of carbonyl (C=O) groups is 1. The van der Waals surface area contributed by atoms with Crippen LogP contribution >= 0.6 is 15.9 Å². The number of hydrogen-bond acceptors (Lipinski definition) is 3. The zero-order valence-corrected chi connectivity index (χ0v) is 11.6. The van der Waals surface area contributed by atoms with Crippen LogP contribution in [0.2, 0.25) is 0 Å². The van der Waals surface area contributed by atoms with Crippen LogP contribution in [0.15, 0.2) is 4.47 Å². The molecule has 0 amide bonds. The Labute approximate surface area is 109 Å². The van der Waals surface area contributed by atoms with E-state index in [1.54, 1.807) is 0 Å². The summed E-state index contributed by atoms with van der Waals surface area (Å²) in [7, 11) is 1.92. The first-order valence-corrected chi connectivity index (χ1v) is 6.47. The third-order valence-corrected chi connectivity index (χ3v) is 4.10. The lowest BCUT2D eigenvalue weighted by Crippen LogP contribution is -2.49. The molecule has 0 aliphatic carbocycles. The summed E-state index contributed by atoms with van der Waals surface area (Å²) in [5, 5.41) is 13.2. The molecule has 0 radical (unpaired) electrons. The van der Waals surface area contributed by atoms with Crippen molar-refractivity contribution < 1.29 is 9.90 Å². The average Bonchev–Trinajstić information content (AvgIpc) is 2.47. The fourth-order valence-electron chi connectivity index (χ4n) is 2.06. The highest BCUT2D eigenvalue weighted by molar-refractivity contribution is 9.10. The van der Waals surface area contributed by atoms with E-state index in [0.29, 0.717) is 13.1 Å². The predicted molar refractivity (Wildman–Crippen MR) is 66.7 cm³/mol. The van der Waals surface area contributed by atoms with Gasteiger partial charge in [0.25, 0.3) is 0 Å². The van der Waals surface area contributed by atoms with Crippen LogP contribution in [0.25, 0.3) is 0 Å². The van der Waals surface area contributed by atoms with E-state index >= 15 is 0 Å². The Bertz CT molecular complexity index is 438. The summed E-state index contributed by atoms with van der Waals surface area (Å²) < 4.78 is 2.93. The molecule has 0 bridgehead atoms. The molecule has 2 heterocycles. The molecule has 0 aromatic carbocycles. The predicted octanol–water partition coefficient (Wildman–Crippen LogP) is 1.26. The van der Waals surface area contributed by atoms with Crippen LogP contribution in [0.1, 0.15) is 18.3 Å². The van der Waals surface area contributed by atoms with Crippen molar-refractivity contribution in [1.82, 2.24) is 14.7 Å². The zero-order valence-electron chi connectivity index (χ0n) is 9.98. The molecule has 6 heteroatoms. The molecule has 0 saturated carbocycles. The van der Waals surface area contributed by atoms with E-state index in [0.717, 1.165) is 28.8 Å². The van der Waals surface area contributed by atoms with Crippen molar-refractivity contribution in [2.45, 2.75) is 19.9 Å². The van der Waals surface area contributed by atoms with Gasteiger partial charge < -0.3 is 5.11 Å². The minimum atomic E-state index is -0.695. The van der Waals surface area contributed by atoms with E-state index in [4.69, 9.17) is 5.11 Å². The van der Waals surface area contributed by atoms with Crippen LogP contribution in [0.5, 0.6) is 0 Å². The molecule has 1 aromatic heterocycles. The molecular formula is C11H16BrN3O2. The Hall–Kier alpha value is -0.880. The standard InChI is InChI=1S/C11H16BrN3O2/c1-3-8-10(12)9(14(2)13-8)6-15-4-7(5-15)11(16)17/h7H,3-6H2,1-2H3,(H,16,17). The van der Waals surface area contributed by atoms with Gasteiger partial charge in [0.2, 0.25) is 0 Å². The van der Waals surface area contributed by atoms with Gasteiger partial charge in [0.1, 0.15) is 0 Å². The fourth-order valence-corrected chi connectivity index (χ4v) is 2.80. The highest BCUT2D eigenvalue weighted by atomic mass is 79.9. The van der Waals surface area contributed by atoms with Gasteiger partial charge in [-0.1, -0.05) is 6.92 Å². The van der Waals surface area contributed by atoms with E-state index < -0.39 is 5.97 Å². The van der Waals surface area contributed by atoms with Gasteiger partial charge in [-0.15, -0.1) is 0 Å². The first-order valence-electron chi connectivity index (χ1n) is 5.68. The highest BCUT2D eigenvalue weighted by Crippen LogP contribution is 2.26. The van der Waals surface area contributed by atoms with E-state index in [-0.39, 0.29) is 5.92 Å². The highest BCUT2D eigenvalue weighted by Gasteiger charge is 2.33. The Kier molecular flexibility index (Phi) is 3.53. The normalized spacial score (nSPS) is 17.1. The lowest BCUT2D eigenvalue weighted by Gasteiger charge is -2.36. The summed E-state index contributed by atoms with van der Waals surface area (Å²) in [6.45, 7) is 4.09. The van der Waals surface area contributed by atoms with Crippen molar-refractivity contribution >= 4 is 21.9 Å². The van der Waals surface area contributed by atoms with Crippen LogP contribution in [-0.4, -0.2) is 38.8 Å². The van der Waals surface area contributed by atoms with E-state index in [1.807, 2.05) is 11.7 Å². The minimum Gasteiger partial charge on any atom is -0.481 e. The largest absolute Gasteiger partial charge is 0.481 e. The van der Waals surface area contributed by atoms with Gasteiger partial charge in [-0.2, -0.15) is 5.10 Å². The van der Waals surface area contributed by atoms with Crippen molar-refractivity contribution in [3.8, 4) is 0 Å². The maximum atomic E-state index is 10.7. The molecule has 1 N–H and O–H groups in total. The quantitative estimate of drug-likeness (QED) is 0.910. The average molecular weight is 302 g/mol. The smallest absolute Gasteiger partial charge is 0.309 e. The first kappa shape index (κ1) is 12.6. The van der Waals surface area contributed by atoms with Crippen LogP contribution in [-0.2, 0) is 24.8 Å². The Morgan fingerprint density at radius 1 is 1.59 bits per heavy atom. The zero-order chi connectivity index (χ0) is 12.6. The van der Waals surface area contributed by atoms with Crippen LogP contribution < -0.4 is 0 Å². The van der Waals surface area contributed by atoms with Crippen LogP contribution in [0, 0.1) is 5.92 Å². The monoisotopic (exact) mass is 301 g/mol. The molecule has 0 spiro atoms. The third kappa shape index (κ3) is 2.37. The topological polar surface area (TPSA) is 58.4 Å². The summed E-state index contributed by atoms with van der Waals surface area (Å²) >= 11 is 3.56. The fraction of sp³-hybridized carbons (Fsp3) is 0.636. The number of nitrogens with zero attached hydrogens (tertiary/aromatic N) is 3. The molecule has 2 rings (SSSR count). The Morgan fingerprint density at radius 3 is 2.71 bits per heavy atom. The minimum absolute atomic E-state index is 0.201. The third-order valence-electron chi connectivity index (χ3n) is 3.18. The first-order chi connectivity index (χ1) is 8.02. The van der Waals surface area contributed by atoms with Crippen molar-refractivity contribution in [3.63, 3.8) is 0 Å². The summed E-state index contributed by atoms with van der Waals surface area (Å²) in [4.78, 5) is 12.8. The summed E-state index contributed by atoms with van der Waals surface area (Å²) in [5.74, 6) is -0.896. The summed E-state index contributed by atoms with van der Waals surface area (Å²) in [6.07, 6.45) is 0.895. The van der Waals surface area contributed by atoms with Gasteiger partial charge in [-0.05, 0) is 22.4 Å². The number of hydrogen-bond donors (Lipinski definition) is 1. The SMILES string of the molecule is CCc1nn(C)c(CN2CC(C(=O)O)C2)c1Br. The van der Waals surface area contributed by atoms with Gasteiger partial charge in [0, 0.05) is 26.7 Å². The number of aromatic nitrogens is 2. The molecule has 0 atom stereocenters. The van der Waals surface area contributed by atoms with Crippen LogP contribution in [0.3, 0.4) is 0 Å². The molecule has 1 saturated heterocycles. The van der Waals surface area contributed by atoms with Crippen molar-refractivity contribution in [2.75, 3.05) is 13.1 Å². The molecule has 1 aliphatic heterocycles. The lowest BCUT2D eigenvalue weighted by molar-refractivity contribution is -0.147. The number of carboxylic acid groups (broad SMARTS) is 1. The Balaban J connectivity index is 2.01. The molecule has 1 aromatic rings. The molecular weight excluding hydrogens is 286 g/mol. The number of rotatable bonds is 4. The van der Waals surface area contributed by atoms with E-state index in [9.17, 15) is 4.79 Å². The molecule has 1 fully saturated rings. The van der Waals surface area contributed by atoms with E-state index in [1.165, 1.54) is 0 Å². The molecule has 17 heavy (non-hydrogen) atoms. The lowest BCUT2D eigenvalue weighted by atomic mass is 10.0. The van der Waals surface area contributed by atoms with Gasteiger partial charge in [-0.3, -0.25) is 14.4 Å². The van der Waals surface area contributed by atoms with Crippen molar-refractivity contribution in [1.29, 1.82) is 0 Å². The molecule has 94 valence electrons. The second-order valence-electron chi connectivity index (χ2n) is 4.41. The molecule has 0 unspecified atom stereocenters. The van der Waals surface area contributed by atoms with Crippen LogP contribution in [0.4, 0.5) is 0 Å². The van der Waals surface area contributed by atoms with Crippen molar-refractivity contribution in [3.05, 3.63) is 15.9 Å². The van der Waals surface area contributed by atoms with E-state index in [2.05, 4.69) is 32.9 Å². The number of aryl methyl sites for hydroxylation is 2. The van der Waals surface area contributed by atoms with Gasteiger partial charge >= 0.3 is 5.97 Å². The maximum Gasteiger partial charge on any atom is 0.309 e. The number of likely N-dealkylation sites (tertiary alicyclic amines) is 1. The van der Waals surface area contributed by atoms with Crippen molar-refractivity contribution in [2.24, 2.45) is 13.0 Å². The number of carboxylic acids is 1. The summed E-state index contributed by atoms with van der Waals surface area (Å²) in [5.41, 5.74) is 2.17. The van der Waals surface area contributed by atoms with Gasteiger partial charge in [-0.25, -0.2) is 0 Å². The maximum absolute atomic E-state index is 10.7. The Morgan fingerprint density at radius 2 is 2.24 bits per heavy atom. The second-order valence-corrected chi connectivity index (χ2v) is 5.21. The van der Waals surface area contributed by atoms with Gasteiger partial charge in [0.05, 0.1) is 21.8 Å². The number of aliphatic carboxylic acids is 1. The molecule has 1 aliphatic rings. The van der Waals surface area contributed by atoms with Gasteiger partial charge in [0.15, 0.2) is 0 Å².